The van der Waals surface area contributed by atoms with Gasteiger partial charge in [-0.15, -0.1) is 0 Å². The minimum Gasteiger partial charge on any atom is -0.448 e. The Balaban J connectivity index is 1.86. The van der Waals surface area contributed by atoms with Crippen molar-refractivity contribution in [3.05, 3.63) is 47.1 Å². The molecule has 2 aromatic rings. The predicted molar refractivity (Wildman–Crippen MR) is 99.4 cm³/mol. The van der Waals surface area contributed by atoms with Crippen molar-refractivity contribution >= 4 is 29.1 Å². The Morgan fingerprint density at radius 1 is 1.42 bits per heavy atom. The summed E-state index contributed by atoms with van der Waals surface area (Å²) in [4.78, 5) is 33.0. The molecule has 1 saturated heterocycles. The molecule has 1 aromatic heterocycles. The van der Waals surface area contributed by atoms with Crippen molar-refractivity contribution in [2.24, 2.45) is 0 Å². The molecule has 0 aliphatic carbocycles. The Morgan fingerprint density at radius 3 is 2.88 bits per heavy atom. The number of hydrogen-bond donors (Lipinski definition) is 0. The van der Waals surface area contributed by atoms with Gasteiger partial charge in [-0.2, -0.15) is 0 Å². The van der Waals surface area contributed by atoms with Crippen LogP contribution in [0, 0.1) is 6.92 Å². The van der Waals surface area contributed by atoms with Crippen molar-refractivity contribution < 1.29 is 14.0 Å². The van der Waals surface area contributed by atoms with Crippen molar-refractivity contribution in [1.29, 1.82) is 0 Å². The van der Waals surface area contributed by atoms with Crippen LogP contribution in [0.3, 0.4) is 0 Å². The Kier molecular flexibility index (Phi) is 5.61. The number of nitrogens with zero attached hydrogens (tertiary/aromatic N) is 3. The topological polar surface area (TPSA) is 66.7 Å². The quantitative estimate of drug-likeness (QED) is 0.799. The van der Waals surface area contributed by atoms with Crippen LogP contribution < -0.4 is 4.90 Å². The van der Waals surface area contributed by atoms with E-state index in [1.807, 2.05) is 12.1 Å². The van der Waals surface area contributed by atoms with Gasteiger partial charge in [0.25, 0.3) is 5.91 Å². The lowest BCUT2D eigenvalue weighted by Gasteiger charge is -2.41. The van der Waals surface area contributed by atoms with E-state index in [2.05, 4.69) is 11.9 Å². The summed E-state index contributed by atoms with van der Waals surface area (Å²) in [5, 5.41) is 0.581. The molecule has 0 spiro atoms. The number of halogens is 1. The highest BCUT2D eigenvalue weighted by Crippen LogP contribution is 2.26. The first-order chi connectivity index (χ1) is 12.5. The third-order valence-electron chi connectivity index (χ3n) is 4.66. The Hall–Kier alpha value is -2.34. The van der Waals surface area contributed by atoms with E-state index in [-0.39, 0.29) is 30.1 Å². The zero-order chi connectivity index (χ0) is 18.7. The zero-order valence-electron chi connectivity index (χ0n) is 14.9. The average Bonchev–Trinajstić information content (AvgIpc) is 3.05. The first-order valence-electron chi connectivity index (χ1n) is 8.78. The van der Waals surface area contributed by atoms with Crippen LogP contribution in [-0.4, -0.2) is 40.8 Å². The van der Waals surface area contributed by atoms with Gasteiger partial charge in [0, 0.05) is 17.3 Å². The van der Waals surface area contributed by atoms with Gasteiger partial charge < -0.3 is 14.2 Å². The Morgan fingerprint density at radius 2 is 2.23 bits per heavy atom. The summed E-state index contributed by atoms with van der Waals surface area (Å²) in [7, 11) is 0. The normalized spacial score (nSPS) is 17.7. The molecule has 0 saturated carbocycles. The van der Waals surface area contributed by atoms with Crippen LogP contribution in [-0.2, 0) is 4.79 Å². The molecule has 2 heterocycles. The minimum atomic E-state index is -0.253. The van der Waals surface area contributed by atoms with Gasteiger partial charge in [-0.25, -0.2) is 4.98 Å². The lowest BCUT2D eigenvalue weighted by atomic mass is 10.0. The fourth-order valence-electron chi connectivity index (χ4n) is 3.24. The van der Waals surface area contributed by atoms with Crippen LogP contribution in [0.25, 0.3) is 0 Å². The zero-order valence-corrected chi connectivity index (χ0v) is 15.7. The van der Waals surface area contributed by atoms with E-state index < -0.39 is 0 Å². The maximum absolute atomic E-state index is 12.9. The second-order valence-electron chi connectivity index (χ2n) is 6.47. The number of carbonyl (C=O) groups excluding carboxylic acids is 2. The van der Waals surface area contributed by atoms with Crippen molar-refractivity contribution in [3.63, 3.8) is 0 Å². The van der Waals surface area contributed by atoms with Crippen LogP contribution in [0.2, 0.25) is 5.02 Å². The molecule has 138 valence electrons. The molecule has 2 amide bonds. The summed E-state index contributed by atoms with van der Waals surface area (Å²) < 4.78 is 5.15. The third kappa shape index (κ3) is 3.75. The molecule has 1 aromatic carbocycles. The monoisotopic (exact) mass is 375 g/mol. The number of rotatable bonds is 5. The predicted octanol–water partition coefficient (Wildman–Crippen LogP) is 3.68. The first kappa shape index (κ1) is 18.5. The number of benzene rings is 1. The molecule has 0 radical (unpaired) electrons. The lowest BCUT2D eigenvalue weighted by Crippen LogP contribution is -2.58. The van der Waals surface area contributed by atoms with Gasteiger partial charge in [-0.05, 0) is 31.5 Å². The summed E-state index contributed by atoms with van der Waals surface area (Å²) >= 11 is 6.07. The fourth-order valence-corrected chi connectivity index (χ4v) is 3.42. The largest absolute Gasteiger partial charge is 0.448 e. The second kappa shape index (κ2) is 7.91. The molecular formula is C19H22ClN3O3. The highest BCUT2D eigenvalue weighted by molar-refractivity contribution is 6.30. The molecule has 26 heavy (non-hydrogen) atoms. The average molecular weight is 376 g/mol. The van der Waals surface area contributed by atoms with Gasteiger partial charge in [0.15, 0.2) is 12.1 Å². The molecule has 0 N–H and O–H groups in total. The SMILES string of the molecule is CCCCC1CN(c2cccc(Cl)c2)C(=O)CN1C(=O)c1ncoc1C. The maximum Gasteiger partial charge on any atom is 0.276 e. The van der Waals surface area contributed by atoms with Crippen LogP contribution in [0.15, 0.2) is 35.1 Å². The van der Waals surface area contributed by atoms with Crippen molar-refractivity contribution in [1.82, 2.24) is 9.88 Å². The van der Waals surface area contributed by atoms with E-state index in [0.29, 0.717) is 17.3 Å². The molecule has 3 rings (SSSR count). The number of amides is 2. The highest BCUT2D eigenvalue weighted by Gasteiger charge is 2.37. The number of carbonyl (C=O) groups is 2. The smallest absolute Gasteiger partial charge is 0.276 e. The molecule has 7 heteroatoms. The summed E-state index contributed by atoms with van der Waals surface area (Å²) in [6, 6.07) is 7.16. The molecule has 1 unspecified atom stereocenters. The van der Waals surface area contributed by atoms with Gasteiger partial charge in [-0.3, -0.25) is 9.59 Å². The number of aryl methyl sites for hydroxylation is 1. The van der Waals surface area contributed by atoms with Gasteiger partial charge in [0.05, 0.1) is 6.04 Å². The summed E-state index contributed by atoms with van der Waals surface area (Å²) in [5.41, 5.74) is 1.03. The number of aromatic nitrogens is 1. The van der Waals surface area contributed by atoms with Crippen LogP contribution >= 0.6 is 11.6 Å². The summed E-state index contributed by atoms with van der Waals surface area (Å²) in [5.74, 6) is 0.0833. The van der Waals surface area contributed by atoms with Crippen molar-refractivity contribution in [2.45, 2.75) is 39.2 Å². The third-order valence-corrected chi connectivity index (χ3v) is 4.89. The summed E-state index contributed by atoms with van der Waals surface area (Å²) in [6.45, 7) is 4.27. The van der Waals surface area contributed by atoms with E-state index in [0.717, 1.165) is 24.9 Å². The molecule has 6 nitrogen and oxygen atoms in total. The lowest BCUT2D eigenvalue weighted by molar-refractivity contribution is -0.121. The van der Waals surface area contributed by atoms with E-state index >= 15 is 0 Å². The van der Waals surface area contributed by atoms with Crippen LogP contribution in [0.4, 0.5) is 5.69 Å². The van der Waals surface area contributed by atoms with Gasteiger partial charge >= 0.3 is 0 Å². The minimum absolute atomic E-state index is 0.0199. The van der Waals surface area contributed by atoms with Gasteiger partial charge in [0.2, 0.25) is 5.91 Å². The van der Waals surface area contributed by atoms with Crippen LogP contribution in [0.5, 0.6) is 0 Å². The van der Waals surface area contributed by atoms with E-state index in [4.69, 9.17) is 16.0 Å². The van der Waals surface area contributed by atoms with Crippen molar-refractivity contribution in [3.8, 4) is 0 Å². The van der Waals surface area contributed by atoms with E-state index in [9.17, 15) is 9.59 Å². The van der Waals surface area contributed by atoms with E-state index in [1.54, 1.807) is 28.9 Å². The van der Waals surface area contributed by atoms with Gasteiger partial charge in [0.1, 0.15) is 12.3 Å². The number of piperazine rings is 1. The molecule has 0 bridgehead atoms. The van der Waals surface area contributed by atoms with Crippen LogP contribution in [0.1, 0.15) is 42.4 Å². The number of oxazole rings is 1. The number of unbranched alkanes of at least 4 members (excludes halogenated alkanes) is 1. The summed E-state index contributed by atoms with van der Waals surface area (Å²) in [6.07, 6.45) is 4.08. The Bertz CT molecular complexity index is 805. The second-order valence-corrected chi connectivity index (χ2v) is 6.91. The Labute approximate surface area is 157 Å². The number of anilines is 1. The standard InChI is InChI=1S/C19H22ClN3O3/c1-3-4-7-16-10-22(15-8-5-6-14(20)9-15)17(24)11-23(16)19(25)18-13(2)26-12-21-18/h5-6,8-9,12,16H,3-4,7,10-11H2,1-2H3. The number of hydrogen-bond acceptors (Lipinski definition) is 4. The molecular weight excluding hydrogens is 354 g/mol. The first-order valence-corrected chi connectivity index (χ1v) is 9.16. The van der Waals surface area contributed by atoms with E-state index in [1.165, 1.54) is 6.39 Å². The molecule has 1 atom stereocenters. The molecule has 1 fully saturated rings. The van der Waals surface area contributed by atoms with Crippen molar-refractivity contribution in [2.75, 3.05) is 18.0 Å². The highest BCUT2D eigenvalue weighted by atomic mass is 35.5. The molecule has 1 aliphatic rings. The maximum atomic E-state index is 12.9. The molecule has 1 aliphatic heterocycles. The van der Waals surface area contributed by atoms with Gasteiger partial charge in [-0.1, -0.05) is 37.4 Å². The fraction of sp³-hybridized carbons (Fsp3) is 0.421.